The number of benzene rings is 1. The van der Waals surface area contributed by atoms with E-state index in [4.69, 9.17) is 4.98 Å². The molecule has 3 rings (SSSR count). The fourth-order valence-corrected chi connectivity index (χ4v) is 5.30. The maximum atomic E-state index is 12.5. The molecule has 0 bridgehead atoms. The number of nitrogens with one attached hydrogen (secondary N) is 2. The number of aromatic nitrogens is 1. The first-order valence-corrected chi connectivity index (χ1v) is 15.0. The molecule has 3 N–H and O–H groups in total. The third kappa shape index (κ3) is 11.0. The molecule has 1 aliphatic rings. The zero-order valence-electron chi connectivity index (χ0n) is 24.0. The Morgan fingerprint density at radius 2 is 1.77 bits per heavy atom. The van der Waals surface area contributed by atoms with Crippen LogP contribution in [0.5, 0.6) is 0 Å². The van der Waals surface area contributed by atoms with Gasteiger partial charge in [0.2, 0.25) is 5.91 Å². The summed E-state index contributed by atoms with van der Waals surface area (Å²) in [6.07, 6.45) is 9.93. The van der Waals surface area contributed by atoms with Crippen molar-refractivity contribution in [3.8, 4) is 0 Å². The Kier molecular flexibility index (Phi) is 13.3. The van der Waals surface area contributed by atoms with Crippen LogP contribution in [0, 0.1) is 5.92 Å². The van der Waals surface area contributed by atoms with Gasteiger partial charge in [-0.15, -0.1) is 0 Å². The minimum atomic E-state index is -0.954. The third-order valence-electron chi connectivity index (χ3n) is 7.89. The van der Waals surface area contributed by atoms with Crippen molar-refractivity contribution in [1.82, 2.24) is 15.2 Å². The summed E-state index contributed by atoms with van der Waals surface area (Å²) >= 11 is 0. The van der Waals surface area contributed by atoms with E-state index in [1.807, 2.05) is 6.07 Å². The lowest BCUT2D eigenvalue weighted by atomic mass is 9.99. The molecular formula is C32H48N4O3. The number of hydrogen-bond donors (Lipinski definition) is 3. The Morgan fingerprint density at radius 1 is 1.00 bits per heavy atom. The van der Waals surface area contributed by atoms with Gasteiger partial charge < -0.3 is 20.6 Å². The Bertz CT molecular complexity index is 1010. The van der Waals surface area contributed by atoms with E-state index in [1.165, 1.54) is 17.5 Å². The van der Waals surface area contributed by atoms with Crippen LogP contribution in [0.15, 0.2) is 42.5 Å². The number of carboxylic acids is 1. The van der Waals surface area contributed by atoms with Gasteiger partial charge in [0.1, 0.15) is 11.9 Å². The smallest absolute Gasteiger partial charge is 0.326 e. The number of unbranched alkanes of at least 4 members (excludes halogenated alkanes) is 1. The van der Waals surface area contributed by atoms with Crippen LogP contribution in [0.1, 0.15) is 82.0 Å². The van der Waals surface area contributed by atoms with Crippen LogP contribution in [0.25, 0.3) is 0 Å². The number of hydrogen-bond acceptors (Lipinski definition) is 5. The predicted molar refractivity (Wildman–Crippen MR) is 158 cm³/mol. The summed E-state index contributed by atoms with van der Waals surface area (Å²) < 4.78 is 0. The average molecular weight is 537 g/mol. The molecule has 1 aromatic carbocycles. The number of carbonyl (C=O) groups is 2. The molecule has 214 valence electrons. The fourth-order valence-electron chi connectivity index (χ4n) is 5.30. The topological polar surface area (TPSA) is 94.6 Å². The SMILES string of the molecule is CCC(CC)CC(=O)NC(CCN(CCCCc1ccc2c(n1)NCCC2)CCCc1ccccc1)C(=O)O. The molecule has 0 spiro atoms. The molecule has 2 heterocycles. The van der Waals surface area contributed by atoms with Gasteiger partial charge in [-0.3, -0.25) is 4.79 Å². The number of carbonyl (C=O) groups excluding carboxylic acids is 1. The molecule has 0 aliphatic carbocycles. The molecular weight excluding hydrogens is 488 g/mol. The molecule has 0 saturated carbocycles. The number of aryl methyl sites for hydroxylation is 3. The van der Waals surface area contributed by atoms with Gasteiger partial charge >= 0.3 is 5.97 Å². The summed E-state index contributed by atoms with van der Waals surface area (Å²) in [6, 6.07) is 14.0. The molecule has 1 unspecified atom stereocenters. The van der Waals surface area contributed by atoms with Gasteiger partial charge in [0.15, 0.2) is 0 Å². The maximum Gasteiger partial charge on any atom is 0.326 e. The summed E-state index contributed by atoms with van der Waals surface area (Å²) in [6.45, 7) is 7.61. The van der Waals surface area contributed by atoms with Crippen LogP contribution in [0.2, 0.25) is 0 Å². The molecule has 2 aromatic rings. The molecule has 1 aromatic heterocycles. The summed E-state index contributed by atoms with van der Waals surface area (Å²) in [4.78, 5) is 31.6. The monoisotopic (exact) mass is 536 g/mol. The van der Waals surface area contributed by atoms with Gasteiger partial charge in [-0.1, -0.05) is 63.1 Å². The summed E-state index contributed by atoms with van der Waals surface area (Å²) in [7, 11) is 0. The second-order valence-corrected chi connectivity index (χ2v) is 10.9. The minimum Gasteiger partial charge on any atom is -0.480 e. The van der Waals surface area contributed by atoms with Crippen molar-refractivity contribution >= 4 is 17.7 Å². The highest BCUT2D eigenvalue weighted by atomic mass is 16.4. The Morgan fingerprint density at radius 3 is 2.51 bits per heavy atom. The highest BCUT2D eigenvalue weighted by Gasteiger charge is 2.22. The van der Waals surface area contributed by atoms with E-state index >= 15 is 0 Å². The van der Waals surface area contributed by atoms with Crippen molar-refractivity contribution in [1.29, 1.82) is 0 Å². The molecule has 1 atom stereocenters. The van der Waals surface area contributed by atoms with Crippen LogP contribution in [0.4, 0.5) is 5.82 Å². The zero-order valence-corrected chi connectivity index (χ0v) is 24.0. The number of pyridine rings is 1. The highest BCUT2D eigenvalue weighted by Crippen LogP contribution is 2.20. The third-order valence-corrected chi connectivity index (χ3v) is 7.89. The number of fused-ring (bicyclic) bond motifs is 1. The standard InChI is InChI=1S/C32H48N4O3/c1-3-25(4-2)24-30(37)35-29(32(38)39)19-23-36(22-11-14-26-12-6-5-7-13-26)21-9-8-16-28-18-17-27-15-10-20-33-31(27)34-28/h5-7,12-13,17-18,25,29H,3-4,8-11,14-16,19-24H2,1-2H3,(H,33,34)(H,35,37)(H,38,39). The van der Waals surface area contributed by atoms with E-state index in [-0.39, 0.29) is 5.91 Å². The Labute approximate surface area is 234 Å². The van der Waals surface area contributed by atoms with Gasteiger partial charge in [-0.2, -0.15) is 0 Å². The van der Waals surface area contributed by atoms with Gasteiger partial charge in [0, 0.05) is 25.2 Å². The van der Waals surface area contributed by atoms with Crippen molar-refractivity contribution in [3.05, 3.63) is 59.3 Å². The van der Waals surface area contributed by atoms with Gasteiger partial charge in [-0.05, 0) is 87.6 Å². The van der Waals surface area contributed by atoms with Crippen molar-refractivity contribution in [2.24, 2.45) is 5.92 Å². The number of rotatable bonds is 18. The highest BCUT2D eigenvalue weighted by molar-refractivity contribution is 5.83. The van der Waals surface area contributed by atoms with E-state index in [2.05, 4.69) is 65.8 Å². The number of amides is 1. The minimum absolute atomic E-state index is 0.154. The molecule has 0 fully saturated rings. The average Bonchev–Trinajstić information content (AvgIpc) is 2.96. The van der Waals surface area contributed by atoms with Crippen LogP contribution >= 0.6 is 0 Å². The summed E-state index contributed by atoms with van der Waals surface area (Å²) in [5.41, 5.74) is 3.76. The molecule has 1 aliphatic heterocycles. The molecule has 7 heteroatoms. The maximum absolute atomic E-state index is 12.5. The van der Waals surface area contributed by atoms with Crippen molar-refractivity contribution in [2.75, 3.05) is 31.5 Å². The predicted octanol–water partition coefficient (Wildman–Crippen LogP) is 5.48. The van der Waals surface area contributed by atoms with Crippen molar-refractivity contribution in [3.63, 3.8) is 0 Å². The summed E-state index contributed by atoms with van der Waals surface area (Å²) in [5.74, 6) is 0.240. The van der Waals surface area contributed by atoms with Gasteiger partial charge in [-0.25, -0.2) is 9.78 Å². The molecule has 0 radical (unpaired) electrons. The molecule has 1 amide bonds. The Balaban J connectivity index is 1.50. The Hall–Kier alpha value is -2.93. The first-order valence-electron chi connectivity index (χ1n) is 15.0. The van der Waals surface area contributed by atoms with E-state index in [0.29, 0.717) is 25.3 Å². The van der Waals surface area contributed by atoms with E-state index in [0.717, 1.165) is 82.5 Å². The van der Waals surface area contributed by atoms with E-state index in [1.54, 1.807) is 0 Å². The number of carboxylic acid groups (broad SMARTS) is 1. The van der Waals surface area contributed by atoms with Gasteiger partial charge in [0.05, 0.1) is 0 Å². The summed E-state index contributed by atoms with van der Waals surface area (Å²) in [5, 5.41) is 16.0. The quantitative estimate of drug-likeness (QED) is 0.218. The van der Waals surface area contributed by atoms with E-state index < -0.39 is 12.0 Å². The van der Waals surface area contributed by atoms with Crippen LogP contribution < -0.4 is 10.6 Å². The number of nitrogens with zero attached hydrogens (tertiary/aromatic N) is 2. The molecule has 7 nitrogen and oxygen atoms in total. The first kappa shape index (κ1) is 30.6. The molecule has 39 heavy (non-hydrogen) atoms. The number of aliphatic carboxylic acids is 1. The lowest BCUT2D eigenvalue weighted by Gasteiger charge is -2.25. The van der Waals surface area contributed by atoms with Crippen LogP contribution in [-0.4, -0.2) is 59.1 Å². The largest absolute Gasteiger partial charge is 0.480 e. The first-order chi connectivity index (χ1) is 19.0. The lowest BCUT2D eigenvalue weighted by molar-refractivity contribution is -0.142. The van der Waals surface area contributed by atoms with E-state index in [9.17, 15) is 14.7 Å². The fraction of sp³-hybridized carbons (Fsp3) is 0.594. The van der Waals surface area contributed by atoms with Crippen molar-refractivity contribution in [2.45, 2.75) is 90.5 Å². The lowest BCUT2D eigenvalue weighted by Crippen LogP contribution is -2.43. The van der Waals surface area contributed by atoms with Gasteiger partial charge in [0.25, 0.3) is 0 Å². The number of anilines is 1. The van der Waals surface area contributed by atoms with Crippen LogP contribution in [-0.2, 0) is 28.9 Å². The van der Waals surface area contributed by atoms with Crippen LogP contribution in [0.3, 0.4) is 0 Å². The second-order valence-electron chi connectivity index (χ2n) is 10.9. The molecule has 0 saturated heterocycles. The second kappa shape index (κ2) is 16.9. The van der Waals surface area contributed by atoms with Crippen molar-refractivity contribution < 1.29 is 14.7 Å². The zero-order chi connectivity index (χ0) is 27.9. The normalized spacial score (nSPS) is 13.6.